The van der Waals surface area contributed by atoms with E-state index in [-0.39, 0.29) is 26.2 Å². The van der Waals surface area contributed by atoms with Crippen molar-refractivity contribution in [3.8, 4) is 0 Å². The Balaban J connectivity index is 0.00000180. The van der Waals surface area contributed by atoms with Gasteiger partial charge < -0.3 is 9.16 Å². The van der Waals surface area contributed by atoms with E-state index in [2.05, 4.69) is 50.0 Å². The Kier molecular flexibility index (Phi) is 6.72. The van der Waals surface area contributed by atoms with Crippen molar-refractivity contribution in [3.05, 3.63) is 47.3 Å². The van der Waals surface area contributed by atoms with Crippen LogP contribution in [0.2, 0.25) is 19.6 Å². The molecule has 0 saturated carbocycles. The summed E-state index contributed by atoms with van der Waals surface area (Å²) in [5, 5.41) is 0. The molecule has 19 heavy (non-hydrogen) atoms. The molecule has 0 aromatic rings. The SMILES string of the molecule is C[Si](C)(C)OCCOC1=C(C2=[C-]CC=C2)CC=C1.[Zr]. The minimum Gasteiger partial charge on any atom is -0.504 e. The Morgan fingerprint density at radius 2 is 1.95 bits per heavy atom. The maximum Gasteiger partial charge on any atom is 0.183 e. The minimum atomic E-state index is -1.42. The number of allylic oxidation sites excluding steroid dienone is 7. The van der Waals surface area contributed by atoms with Crippen molar-refractivity contribution in [3.63, 3.8) is 0 Å². The molecule has 4 heteroatoms. The summed E-state index contributed by atoms with van der Waals surface area (Å²) in [4.78, 5) is 0. The molecule has 0 spiro atoms. The molecule has 0 bridgehead atoms. The summed E-state index contributed by atoms with van der Waals surface area (Å²) in [5.74, 6) is 0.989. The average Bonchev–Trinajstić information content (AvgIpc) is 2.93. The van der Waals surface area contributed by atoms with Gasteiger partial charge in [-0.05, 0) is 25.7 Å². The summed E-state index contributed by atoms with van der Waals surface area (Å²) < 4.78 is 11.6. The second-order valence-corrected chi connectivity index (χ2v) is 9.97. The standard InChI is InChI=1S/C15H21O2Si.Zr/c1-18(2,3)17-12-11-16-15-10-6-9-14(15)13-7-4-5-8-13;/h4,6-7,10H,5,9,11-12H2,1-3H3;/q-1;. The largest absolute Gasteiger partial charge is 0.504 e. The molecular formula is C15H21O2SiZr-. The monoisotopic (exact) mass is 351 g/mol. The first-order valence-electron chi connectivity index (χ1n) is 6.50. The molecule has 0 heterocycles. The molecular weight excluding hydrogens is 331 g/mol. The Morgan fingerprint density at radius 1 is 1.16 bits per heavy atom. The van der Waals surface area contributed by atoms with Crippen molar-refractivity contribution in [1.29, 1.82) is 0 Å². The van der Waals surface area contributed by atoms with Crippen LogP contribution in [0.4, 0.5) is 0 Å². The molecule has 2 aliphatic carbocycles. The zero-order chi connectivity index (χ0) is 13.0. The first kappa shape index (κ1) is 16.9. The van der Waals surface area contributed by atoms with E-state index in [0.29, 0.717) is 13.2 Å². The number of hydrogen-bond donors (Lipinski definition) is 0. The van der Waals surface area contributed by atoms with E-state index in [4.69, 9.17) is 9.16 Å². The van der Waals surface area contributed by atoms with Crippen molar-refractivity contribution in [2.24, 2.45) is 0 Å². The van der Waals surface area contributed by atoms with Crippen molar-refractivity contribution < 1.29 is 35.4 Å². The van der Waals surface area contributed by atoms with E-state index in [1.54, 1.807) is 0 Å². The van der Waals surface area contributed by atoms with Gasteiger partial charge in [0.25, 0.3) is 0 Å². The molecule has 0 atom stereocenters. The van der Waals surface area contributed by atoms with Crippen LogP contribution in [-0.2, 0) is 35.4 Å². The van der Waals surface area contributed by atoms with Gasteiger partial charge in [-0.15, -0.1) is 11.6 Å². The van der Waals surface area contributed by atoms with Crippen molar-refractivity contribution >= 4 is 8.32 Å². The molecule has 0 N–H and O–H groups in total. The van der Waals surface area contributed by atoms with Gasteiger partial charge in [-0.2, -0.15) is 17.7 Å². The second-order valence-electron chi connectivity index (χ2n) is 5.46. The van der Waals surface area contributed by atoms with Crippen LogP contribution in [0.5, 0.6) is 0 Å². The van der Waals surface area contributed by atoms with Gasteiger partial charge >= 0.3 is 0 Å². The van der Waals surface area contributed by atoms with E-state index in [1.165, 1.54) is 11.1 Å². The van der Waals surface area contributed by atoms with Gasteiger partial charge in [0.15, 0.2) is 8.32 Å². The average molecular weight is 353 g/mol. The molecule has 2 rings (SSSR count). The van der Waals surface area contributed by atoms with Crippen molar-refractivity contribution in [2.45, 2.75) is 32.5 Å². The van der Waals surface area contributed by atoms with Crippen LogP contribution in [0.3, 0.4) is 0 Å². The Bertz CT molecular complexity index is 428. The fourth-order valence-corrected chi connectivity index (χ4v) is 2.67. The maximum atomic E-state index is 5.82. The third-order valence-corrected chi connectivity index (χ3v) is 3.85. The van der Waals surface area contributed by atoms with Crippen LogP contribution in [0.1, 0.15) is 12.8 Å². The first-order chi connectivity index (χ1) is 8.56. The zero-order valence-electron chi connectivity index (χ0n) is 12.0. The summed E-state index contributed by atoms with van der Waals surface area (Å²) >= 11 is 0. The molecule has 0 aromatic heterocycles. The van der Waals surface area contributed by atoms with E-state index >= 15 is 0 Å². The van der Waals surface area contributed by atoms with E-state index in [0.717, 1.165) is 18.6 Å². The summed E-state index contributed by atoms with van der Waals surface area (Å²) in [6.45, 7) is 7.88. The zero-order valence-corrected chi connectivity index (χ0v) is 15.4. The maximum absolute atomic E-state index is 5.82. The van der Waals surface area contributed by atoms with Crippen LogP contribution in [-0.4, -0.2) is 21.5 Å². The van der Waals surface area contributed by atoms with Gasteiger partial charge in [0.05, 0.1) is 12.4 Å². The molecule has 0 aliphatic heterocycles. The van der Waals surface area contributed by atoms with E-state index in [9.17, 15) is 0 Å². The summed E-state index contributed by atoms with van der Waals surface area (Å²) in [6, 6.07) is 0. The summed E-state index contributed by atoms with van der Waals surface area (Å²) in [6.07, 6.45) is 13.7. The van der Waals surface area contributed by atoms with Crippen LogP contribution >= 0.6 is 0 Å². The molecule has 0 radical (unpaired) electrons. The Hall–Kier alpha value is -0.180. The molecule has 0 fully saturated rings. The third kappa shape index (κ3) is 5.37. The second kappa shape index (κ2) is 7.56. The number of hydrogen-bond acceptors (Lipinski definition) is 2. The predicted molar refractivity (Wildman–Crippen MR) is 76.5 cm³/mol. The number of rotatable bonds is 6. The number of ether oxygens (including phenoxy) is 1. The quantitative estimate of drug-likeness (QED) is 0.412. The minimum absolute atomic E-state index is 0. The fourth-order valence-electron chi connectivity index (χ4n) is 1.97. The van der Waals surface area contributed by atoms with Crippen molar-refractivity contribution in [2.75, 3.05) is 13.2 Å². The smallest absolute Gasteiger partial charge is 0.183 e. The first-order valence-corrected chi connectivity index (χ1v) is 9.91. The van der Waals surface area contributed by atoms with Crippen LogP contribution < -0.4 is 0 Å². The predicted octanol–water partition coefficient (Wildman–Crippen LogP) is 3.76. The fraction of sp³-hybridized carbons (Fsp3) is 0.467. The molecule has 0 aromatic carbocycles. The van der Waals surface area contributed by atoms with E-state index < -0.39 is 8.32 Å². The van der Waals surface area contributed by atoms with Gasteiger partial charge in [-0.25, -0.2) is 0 Å². The van der Waals surface area contributed by atoms with Gasteiger partial charge in [-0.1, -0.05) is 18.9 Å². The van der Waals surface area contributed by atoms with Gasteiger partial charge in [0, 0.05) is 26.2 Å². The summed E-state index contributed by atoms with van der Waals surface area (Å²) in [7, 11) is -1.42. The Morgan fingerprint density at radius 3 is 2.58 bits per heavy atom. The molecule has 0 unspecified atom stereocenters. The topological polar surface area (TPSA) is 18.5 Å². The van der Waals surface area contributed by atoms with Crippen LogP contribution in [0.15, 0.2) is 41.2 Å². The molecule has 0 saturated heterocycles. The Labute approximate surface area is 136 Å². The summed E-state index contributed by atoms with van der Waals surface area (Å²) in [5.41, 5.74) is 2.46. The van der Waals surface area contributed by atoms with Gasteiger partial charge in [0.2, 0.25) is 0 Å². The van der Waals surface area contributed by atoms with Crippen LogP contribution in [0, 0.1) is 6.08 Å². The van der Waals surface area contributed by atoms with Gasteiger partial charge in [-0.3, -0.25) is 0 Å². The van der Waals surface area contributed by atoms with Gasteiger partial charge in [0.1, 0.15) is 6.61 Å². The molecule has 2 aliphatic rings. The molecule has 2 nitrogen and oxygen atoms in total. The normalized spacial score (nSPS) is 17.7. The third-order valence-electron chi connectivity index (χ3n) is 2.78. The van der Waals surface area contributed by atoms with E-state index in [1.807, 2.05) is 0 Å². The van der Waals surface area contributed by atoms with Crippen molar-refractivity contribution in [1.82, 2.24) is 0 Å². The molecule has 0 amide bonds. The molecule has 102 valence electrons. The van der Waals surface area contributed by atoms with Crippen LogP contribution in [0.25, 0.3) is 0 Å².